The summed E-state index contributed by atoms with van der Waals surface area (Å²) < 4.78 is 0. The third-order valence-electron chi connectivity index (χ3n) is 4.06. The Morgan fingerprint density at radius 2 is 2.06 bits per heavy atom. The maximum atomic E-state index is 12.1. The van der Waals surface area contributed by atoms with E-state index < -0.39 is 0 Å². The highest BCUT2D eigenvalue weighted by atomic mass is 16.2. The molecule has 1 N–H and O–H groups in total. The zero-order chi connectivity index (χ0) is 13.8. The minimum absolute atomic E-state index is 0.306. The zero-order valence-electron chi connectivity index (χ0n) is 12.8. The fourth-order valence-electron chi connectivity index (χ4n) is 3.51. The van der Waals surface area contributed by atoms with Crippen molar-refractivity contribution >= 4 is 5.91 Å². The highest BCUT2D eigenvalue weighted by molar-refractivity contribution is 5.76. The van der Waals surface area contributed by atoms with E-state index in [1.165, 1.54) is 19.3 Å². The minimum Gasteiger partial charge on any atom is -0.344 e. The van der Waals surface area contributed by atoms with Crippen LogP contribution in [0.25, 0.3) is 0 Å². The van der Waals surface area contributed by atoms with Gasteiger partial charge in [0.25, 0.3) is 0 Å². The Morgan fingerprint density at radius 1 is 1.39 bits per heavy atom. The van der Waals surface area contributed by atoms with Gasteiger partial charge in [-0.2, -0.15) is 0 Å². The number of hydrogen-bond acceptors (Lipinski definition) is 2. The Bertz CT molecular complexity index is 276. The van der Waals surface area contributed by atoms with Crippen molar-refractivity contribution in [2.75, 3.05) is 27.2 Å². The molecule has 1 fully saturated rings. The van der Waals surface area contributed by atoms with Crippen molar-refractivity contribution in [3.63, 3.8) is 0 Å². The van der Waals surface area contributed by atoms with E-state index >= 15 is 0 Å². The van der Waals surface area contributed by atoms with Crippen molar-refractivity contribution in [3.8, 4) is 0 Å². The summed E-state index contributed by atoms with van der Waals surface area (Å²) >= 11 is 0. The first kappa shape index (κ1) is 15.5. The van der Waals surface area contributed by atoms with E-state index in [1.54, 1.807) is 0 Å². The van der Waals surface area contributed by atoms with Gasteiger partial charge in [0, 0.05) is 26.6 Å². The molecule has 3 heteroatoms. The summed E-state index contributed by atoms with van der Waals surface area (Å²) in [6.07, 6.45) is 4.44. The first-order valence-corrected chi connectivity index (χ1v) is 7.22. The fourth-order valence-corrected chi connectivity index (χ4v) is 3.51. The SMILES string of the molecule is CNCCN(C)C(=O)CC1CC(C)CC(C)(C)C1. The lowest BCUT2D eigenvalue weighted by Gasteiger charge is -2.39. The number of hydrogen-bond donors (Lipinski definition) is 1. The van der Waals surface area contributed by atoms with Crippen LogP contribution in [0.1, 0.15) is 46.5 Å². The van der Waals surface area contributed by atoms with Crippen LogP contribution in [0.5, 0.6) is 0 Å². The second-order valence-corrected chi connectivity index (χ2v) is 6.90. The van der Waals surface area contributed by atoms with Crippen LogP contribution in [0.4, 0.5) is 0 Å². The third kappa shape index (κ3) is 4.97. The second-order valence-electron chi connectivity index (χ2n) is 6.90. The Kier molecular flexibility index (Phi) is 5.64. The third-order valence-corrected chi connectivity index (χ3v) is 4.06. The Hall–Kier alpha value is -0.570. The van der Waals surface area contributed by atoms with E-state index in [1.807, 2.05) is 19.0 Å². The van der Waals surface area contributed by atoms with Gasteiger partial charge >= 0.3 is 0 Å². The van der Waals surface area contributed by atoms with Gasteiger partial charge in [0.05, 0.1) is 0 Å². The molecule has 1 rings (SSSR count). The number of nitrogens with zero attached hydrogens (tertiary/aromatic N) is 1. The minimum atomic E-state index is 0.306. The van der Waals surface area contributed by atoms with Crippen molar-refractivity contribution in [1.29, 1.82) is 0 Å². The number of amides is 1. The van der Waals surface area contributed by atoms with Crippen LogP contribution >= 0.6 is 0 Å². The molecule has 2 unspecified atom stereocenters. The molecule has 2 atom stereocenters. The Morgan fingerprint density at radius 3 is 2.61 bits per heavy atom. The lowest BCUT2D eigenvalue weighted by atomic mass is 9.67. The fraction of sp³-hybridized carbons (Fsp3) is 0.933. The summed E-state index contributed by atoms with van der Waals surface area (Å²) in [5, 5.41) is 3.08. The van der Waals surface area contributed by atoms with Crippen molar-refractivity contribution in [2.45, 2.75) is 46.5 Å². The van der Waals surface area contributed by atoms with Gasteiger partial charge in [-0.1, -0.05) is 20.8 Å². The maximum absolute atomic E-state index is 12.1. The molecule has 0 bridgehead atoms. The molecule has 18 heavy (non-hydrogen) atoms. The van der Waals surface area contributed by atoms with Gasteiger partial charge in [0.2, 0.25) is 5.91 Å². The number of nitrogens with one attached hydrogen (secondary N) is 1. The Labute approximate surface area is 112 Å². The van der Waals surface area contributed by atoms with Crippen LogP contribution in [0.3, 0.4) is 0 Å². The van der Waals surface area contributed by atoms with E-state index in [0.717, 1.165) is 25.4 Å². The van der Waals surface area contributed by atoms with Gasteiger partial charge in [0.1, 0.15) is 0 Å². The summed E-state index contributed by atoms with van der Waals surface area (Å²) in [4.78, 5) is 14.0. The molecule has 0 aromatic carbocycles. The van der Waals surface area contributed by atoms with Crippen molar-refractivity contribution in [2.24, 2.45) is 17.3 Å². The highest BCUT2D eigenvalue weighted by Gasteiger charge is 2.33. The quantitative estimate of drug-likeness (QED) is 0.817. The molecule has 0 aromatic heterocycles. The first-order valence-electron chi connectivity index (χ1n) is 7.22. The summed E-state index contributed by atoms with van der Waals surface area (Å²) in [5.74, 6) is 1.64. The molecule has 0 saturated heterocycles. The predicted octanol–water partition coefficient (Wildman–Crippen LogP) is 2.52. The smallest absolute Gasteiger partial charge is 0.222 e. The van der Waals surface area contributed by atoms with E-state index in [0.29, 0.717) is 17.2 Å². The van der Waals surface area contributed by atoms with Crippen molar-refractivity contribution in [1.82, 2.24) is 10.2 Å². The van der Waals surface area contributed by atoms with E-state index in [9.17, 15) is 4.79 Å². The molecule has 0 radical (unpaired) electrons. The molecule has 1 saturated carbocycles. The summed E-state index contributed by atoms with van der Waals surface area (Å²) in [6, 6.07) is 0. The lowest BCUT2D eigenvalue weighted by Crippen LogP contribution is -2.36. The van der Waals surface area contributed by atoms with Gasteiger partial charge in [-0.15, -0.1) is 0 Å². The molecule has 0 aromatic rings. The number of carbonyl (C=O) groups excluding carboxylic acids is 1. The molecular formula is C15H30N2O. The van der Waals surface area contributed by atoms with E-state index in [-0.39, 0.29) is 0 Å². The summed E-state index contributed by atoms with van der Waals surface area (Å²) in [6.45, 7) is 8.68. The van der Waals surface area contributed by atoms with E-state index in [2.05, 4.69) is 26.1 Å². The van der Waals surface area contributed by atoms with Crippen LogP contribution in [-0.4, -0.2) is 38.0 Å². The highest BCUT2D eigenvalue weighted by Crippen LogP contribution is 2.42. The van der Waals surface area contributed by atoms with Crippen molar-refractivity contribution in [3.05, 3.63) is 0 Å². The van der Waals surface area contributed by atoms with Gasteiger partial charge in [-0.05, 0) is 43.6 Å². The van der Waals surface area contributed by atoms with Crippen LogP contribution in [-0.2, 0) is 4.79 Å². The topological polar surface area (TPSA) is 32.3 Å². The molecule has 1 aliphatic carbocycles. The zero-order valence-corrected chi connectivity index (χ0v) is 12.8. The second kappa shape index (κ2) is 6.55. The Balaban J connectivity index is 2.43. The van der Waals surface area contributed by atoms with Gasteiger partial charge < -0.3 is 10.2 Å². The molecule has 0 aliphatic heterocycles. The summed E-state index contributed by atoms with van der Waals surface area (Å²) in [7, 11) is 3.83. The number of rotatable bonds is 5. The molecule has 1 amide bonds. The lowest BCUT2D eigenvalue weighted by molar-refractivity contribution is -0.131. The monoisotopic (exact) mass is 254 g/mol. The van der Waals surface area contributed by atoms with Crippen LogP contribution in [0.2, 0.25) is 0 Å². The molecule has 0 heterocycles. The average Bonchev–Trinajstić information content (AvgIpc) is 2.22. The van der Waals surface area contributed by atoms with Gasteiger partial charge in [-0.3, -0.25) is 4.79 Å². The maximum Gasteiger partial charge on any atom is 0.222 e. The van der Waals surface area contributed by atoms with Crippen LogP contribution < -0.4 is 5.32 Å². The van der Waals surface area contributed by atoms with Crippen molar-refractivity contribution < 1.29 is 4.79 Å². The molecule has 3 nitrogen and oxygen atoms in total. The number of carbonyl (C=O) groups is 1. The molecule has 1 aliphatic rings. The number of likely N-dealkylation sites (N-methyl/N-ethyl adjacent to an activating group) is 2. The van der Waals surface area contributed by atoms with E-state index in [4.69, 9.17) is 0 Å². The van der Waals surface area contributed by atoms with Crippen LogP contribution in [0.15, 0.2) is 0 Å². The normalized spacial score (nSPS) is 26.9. The van der Waals surface area contributed by atoms with Gasteiger partial charge in [-0.25, -0.2) is 0 Å². The summed E-state index contributed by atoms with van der Waals surface area (Å²) in [5.41, 5.74) is 0.409. The molecule has 0 spiro atoms. The largest absolute Gasteiger partial charge is 0.344 e. The average molecular weight is 254 g/mol. The molecule has 106 valence electrons. The predicted molar refractivity (Wildman–Crippen MR) is 76.5 cm³/mol. The molecular weight excluding hydrogens is 224 g/mol. The first-order chi connectivity index (χ1) is 8.34. The van der Waals surface area contributed by atoms with Gasteiger partial charge in [0.15, 0.2) is 0 Å². The van der Waals surface area contributed by atoms with Crippen LogP contribution in [0, 0.1) is 17.3 Å². The standard InChI is InChI=1S/C15H30N2O/c1-12-8-13(11-15(2,3)10-12)9-14(18)17(5)7-6-16-4/h12-13,16H,6-11H2,1-5H3.